The average Bonchev–Trinajstić information content (AvgIpc) is 3.32. The van der Waals surface area contributed by atoms with E-state index in [1.165, 1.54) is 34.2 Å². The number of nitrogens with zero attached hydrogens (tertiary/aromatic N) is 3. The molecule has 0 fully saturated rings. The van der Waals surface area contributed by atoms with Crippen LogP contribution in [-0.4, -0.2) is 29.6 Å². The van der Waals surface area contributed by atoms with Crippen molar-refractivity contribution in [2.45, 2.75) is 11.3 Å². The molecule has 0 saturated carbocycles. The molecule has 0 aliphatic carbocycles. The molecule has 2 aromatic heterocycles. The molecule has 0 radical (unpaired) electrons. The van der Waals surface area contributed by atoms with E-state index < -0.39 is 10.0 Å². The van der Waals surface area contributed by atoms with Gasteiger partial charge >= 0.3 is 0 Å². The van der Waals surface area contributed by atoms with E-state index in [0.717, 1.165) is 33.3 Å². The van der Waals surface area contributed by atoms with Gasteiger partial charge in [0.2, 0.25) is 20.1 Å². The zero-order chi connectivity index (χ0) is 21.4. The van der Waals surface area contributed by atoms with Crippen molar-refractivity contribution in [3.05, 3.63) is 78.5 Å². The minimum Gasteiger partial charge on any atom is -0.360 e. The van der Waals surface area contributed by atoms with E-state index >= 15 is 0 Å². The average molecular weight is 450 g/mol. The van der Waals surface area contributed by atoms with Gasteiger partial charge in [0, 0.05) is 12.1 Å². The van der Waals surface area contributed by atoms with E-state index in [9.17, 15) is 8.42 Å². The Hall–Kier alpha value is -3.27. The Morgan fingerprint density at radius 1 is 1.00 bits per heavy atom. The molecule has 0 spiro atoms. The van der Waals surface area contributed by atoms with Crippen LogP contribution in [0.4, 0.5) is 5.13 Å². The van der Waals surface area contributed by atoms with E-state index in [1.807, 2.05) is 18.3 Å². The second kappa shape index (κ2) is 7.77. The maximum absolute atomic E-state index is 11.3. The van der Waals surface area contributed by atoms with Gasteiger partial charge < -0.3 is 5.32 Å². The lowest BCUT2D eigenvalue weighted by Crippen LogP contribution is -2.12. The van der Waals surface area contributed by atoms with Gasteiger partial charge in [-0.15, -0.1) is 5.10 Å². The van der Waals surface area contributed by atoms with E-state index in [0.29, 0.717) is 6.54 Å². The molecule has 5 aromatic rings. The van der Waals surface area contributed by atoms with Crippen molar-refractivity contribution in [1.29, 1.82) is 0 Å². The number of aromatic nitrogens is 3. The van der Waals surface area contributed by atoms with Crippen LogP contribution in [0.5, 0.6) is 0 Å². The van der Waals surface area contributed by atoms with Crippen molar-refractivity contribution in [3.63, 3.8) is 0 Å². The third-order valence-electron chi connectivity index (χ3n) is 5.03. The maximum atomic E-state index is 11.3. The number of fused-ring (bicyclic) bond motifs is 2. The lowest BCUT2D eigenvalue weighted by Gasteiger charge is -2.04. The predicted octanol–water partition coefficient (Wildman–Crippen LogP) is 3.91. The van der Waals surface area contributed by atoms with Crippen LogP contribution in [0.15, 0.2) is 77.8 Å². The molecule has 0 unspecified atom stereocenters. The zero-order valence-corrected chi connectivity index (χ0v) is 18.0. The molecule has 156 valence electrons. The Kier molecular flexibility index (Phi) is 4.93. The van der Waals surface area contributed by atoms with Crippen molar-refractivity contribution >= 4 is 42.2 Å². The number of anilines is 1. The van der Waals surface area contributed by atoms with Crippen LogP contribution in [0, 0.1) is 0 Å². The summed E-state index contributed by atoms with van der Waals surface area (Å²) in [7, 11) is -3.66. The standard InChI is InChI=1S/C22H19N5O2S2/c23-31(28,29)19-9-5-15(6-10-19)11-12-24-21-26-27-14-20(25-22(27)30-21)18-8-7-16-3-1-2-4-17(16)13-18/h1-10,13-14H,11-12H2,(H,24,26)(H2,23,28,29). The topological polar surface area (TPSA) is 102 Å². The lowest BCUT2D eigenvalue weighted by molar-refractivity contribution is 0.598. The molecule has 0 aliphatic heterocycles. The van der Waals surface area contributed by atoms with Crippen molar-refractivity contribution in [3.8, 4) is 11.3 Å². The van der Waals surface area contributed by atoms with Gasteiger partial charge in [-0.25, -0.2) is 23.1 Å². The molecule has 0 bridgehead atoms. The molecule has 7 nitrogen and oxygen atoms in total. The number of benzene rings is 3. The van der Waals surface area contributed by atoms with Gasteiger partial charge in [-0.2, -0.15) is 0 Å². The fourth-order valence-electron chi connectivity index (χ4n) is 3.42. The van der Waals surface area contributed by atoms with E-state index in [1.54, 1.807) is 16.6 Å². The van der Waals surface area contributed by atoms with Crippen molar-refractivity contribution < 1.29 is 8.42 Å². The van der Waals surface area contributed by atoms with Gasteiger partial charge in [0.15, 0.2) is 0 Å². The molecule has 9 heteroatoms. The Morgan fingerprint density at radius 3 is 2.52 bits per heavy atom. The van der Waals surface area contributed by atoms with Crippen molar-refractivity contribution in [2.75, 3.05) is 11.9 Å². The Labute approximate surface area is 183 Å². The van der Waals surface area contributed by atoms with E-state index in [-0.39, 0.29) is 4.90 Å². The Balaban J connectivity index is 1.26. The van der Waals surface area contributed by atoms with Crippen LogP contribution in [0.3, 0.4) is 0 Å². The summed E-state index contributed by atoms with van der Waals surface area (Å²) in [5, 5.41) is 16.2. The van der Waals surface area contributed by atoms with Crippen molar-refractivity contribution in [2.24, 2.45) is 5.14 Å². The SMILES string of the molecule is NS(=O)(=O)c1ccc(CCNc2nn3cc(-c4ccc5ccccc5c4)nc3s2)cc1. The third-order valence-corrected chi connectivity index (χ3v) is 6.84. The molecule has 3 aromatic carbocycles. The van der Waals surface area contributed by atoms with Gasteiger partial charge in [-0.1, -0.05) is 59.9 Å². The number of hydrogen-bond acceptors (Lipinski definition) is 6. The summed E-state index contributed by atoms with van der Waals surface area (Å²) in [6.07, 6.45) is 2.67. The van der Waals surface area contributed by atoms with Crippen LogP contribution in [0.1, 0.15) is 5.56 Å². The first kappa shape index (κ1) is 19.7. The fourth-order valence-corrected chi connectivity index (χ4v) is 4.74. The Morgan fingerprint density at radius 2 is 1.77 bits per heavy atom. The maximum Gasteiger partial charge on any atom is 0.238 e. The van der Waals surface area contributed by atoms with Crippen molar-refractivity contribution in [1.82, 2.24) is 14.6 Å². The molecular formula is C22H19N5O2S2. The first-order valence-electron chi connectivity index (χ1n) is 9.67. The minimum atomic E-state index is -3.66. The van der Waals surface area contributed by atoms with Crippen LogP contribution >= 0.6 is 11.3 Å². The first-order valence-corrected chi connectivity index (χ1v) is 12.0. The van der Waals surface area contributed by atoms with Gasteiger partial charge in [-0.05, 0) is 41.0 Å². The normalized spacial score (nSPS) is 11.9. The number of nitrogens with one attached hydrogen (secondary N) is 1. The summed E-state index contributed by atoms with van der Waals surface area (Å²) in [5.74, 6) is 0. The van der Waals surface area contributed by atoms with E-state index in [4.69, 9.17) is 10.1 Å². The van der Waals surface area contributed by atoms with Crippen LogP contribution in [0.25, 0.3) is 27.0 Å². The zero-order valence-electron chi connectivity index (χ0n) is 16.4. The van der Waals surface area contributed by atoms with E-state index in [2.05, 4.69) is 40.7 Å². The number of sulfonamides is 1. The summed E-state index contributed by atoms with van der Waals surface area (Å²) in [5.41, 5.74) is 2.97. The monoisotopic (exact) mass is 449 g/mol. The van der Waals surface area contributed by atoms with Gasteiger partial charge in [0.25, 0.3) is 0 Å². The number of imidazole rings is 1. The molecule has 0 saturated heterocycles. The number of rotatable bonds is 6. The molecule has 31 heavy (non-hydrogen) atoms. The smallest absolute Gasteiger partial charge is 0.238 e. The highest BCUT2D eigenvalue weighted by molar-refractivity contribution is 7.89. The summed E-state index contributed by atoms with van der Waals surface area (Å²) >= 11 is 1.49. The summed E-state index contributed by atoms with van der Waals surface area (Å²) in [6, 6.07) is 21.2. The summed E-state index contributed by atoms with van der Waals surface area (Å²) in [4.78, 5) is 5.66. The molecular weight excluding hydrogens is 430 g/mol. The number of hydrogen-bond donors (Lipinski definition) is 2. The summed E-state index contributed by atoms with van der Waals surface area (Å²) in [6.45, 7) is 0.670. The molecule has 2 heterocycles. The largest absolute Gasteiger partial charge is 0.360 e. The van der Waals surface area contributed by atoms with Crippen LogP contribution in [-0.2, 0) is 16.4 Å². The quantitative estimate of drug-likeness (QED) is 0.409. The van der Waals surface area contributed by atoms with Gasteiger partial charge in [0.05, 0.1) is 16.8 Å². The Bertz CT molecular complexity index is 1460. The highest BCUT2D eigenvalue weighted by Crippen LogP contribution is 2.27. The third kappa shape index (κ3) is 4.15. The predicted molar refractivity (Wildman–Crippen MR) is 124 cm³/mol. The van der Waals surface area contributed by atoms with Gasteiger partial charge in [-0.3, -0.25) is 0 Å². The molecule has 5 rings (SSSR count). The second-order valence-electron chi connectivity index (χ2n) is 7.19. The van der Waals surface area contributed by atoms with Crippen LogP contribution < -0.4 is 10.5 Å². The summed E-state index contributed by atoms with van der Waals surface area (Å²) < 4.78 is 24.4. The highest BCUT2D eigenvalue weighted by Gasteiger charge is 2.11. The first-order chi connectivity index (χ1) is 15.0. The number of primary sulfonamides is 1. The molecule has 0 atom stereocenters. The van der Waals surface area contributed by atoms with Gasteiger partial charge in [0.1, 0.15) is 0 Å². The lowest BCUT2D eigenvalue weighted by atomic mass is 10.1. The van der Waals surface area contributed by atoms with Crippen LogP contribution in [0.2, 0.25) is 0 Å². The fraction of sp³-hybridized carbons (Fsp3) is 0.0909. The molecule has 0 aliphatic rings. The number of nitrogens with two attached hydrogens (primary N) is 1. The molecule has 3 N–H and O–H groups in total. The molecule has 0 amide bonds. The minimum absolute atomic E-state index is 0.118. The second-order valence-corrected chi connectivity index (χ2v) is 9.71. The highest BCUT2D eigenvalue weighted by atomic mass is 32.2.